The van der Waals surface area contributed by atoms with Gasteiger partial charge in [0.2, 0.25) is 0 Å². The SMILES string of the molecule is CCc1cccc(Oc2ccc(CO)cc2)c1. The van der Waals surface area contributed by atoms with E-state index < -0.39 is 0 Å². The van der Waals surface area contributed by atoms with Crippen molar-refractivity contribution < 1.29 is 9.84 Å². The molecule has 0 saturated heterocycles. The molecule has 2 rings (SSSR count). The lowest BCUT2D eigenvalue weighted by molar-refractivity contribution is 0.281. The van der Waals surface area contributed by atoms with E-state index in [0.29, 0.717) is 0 Å². The van der Waals surface area contributed by atoms with Gasteiger partial charge < -0.3 is 9.84 Å². The molecule has 17 heavy (non-hydrogen) atoms. The van der Waals surface area contributed by atoms with Crippen LogP contribution in [0.3, 0.4) is 0 Å². The van der Waals surface area contributed by atoms with Crippen molar-refractivity contribution in [3.8, 4) is 11.5 Å². The summed E-state index contributed by atoms with van der Waals surface area (Å²) in [6.07, 6.45) is 1.00. The van der Waals surface area contributed by atoms with E-state index in [1.165, 1.54) is 5.56 Å². The molecule has 2 heteroatoms. The highest BCUT2D eigenvalue weighted by Gasteiger charge is 1.98. The number of benzene rings is 2. The van der Waals surface area contributed by atoms with Crippen LogP contribution in [0.5, 0.6) is 11.5 Å². The first-order valence-corrected chi connectivity index (χ1v) is 5.78. The Morgan fingerprint density at radius 3 is 2.35 bits per heavy atom. The summed E-state index contributed by atoms with van der Waals surface area (Å²) < 4.78 is 5.74. The van der Waals surface area contributed by atoms with Gasteiger partial charge in [-0.2, -0.15) is 0 Å². The summed E-state index contributed by atoms with van der Waals surface area (Å²) in [5.41, 5.74) is 2.15. The Hall–Kier alpha value is -1.80. The van der Waals surface area contributed by atoms with Crippen LogP contribution in [0.25, 0.3) is 0 Å². The van der Waals surface area contributed by atoms with Gasteiger partial charge in [0.15, 0.2) is 0 Å². The Bertz CT molecular complexity index is 475. The summed E-state index contributed by atoms with van der Waals surface area (Å²) in [4.78, 5) is 0. The van der Waals surface area contributed by atoms with E-state index in [2.05, 4.69) is 13.0 Å². The normalized spacial score (nSPS) is 10.2. The Balaban J connectivity index is 2.13. The highest BCUT2D eigenvalue weighted by atomic mass is 16.5. The zero-order chi connectivity index (χ0) is 12.1. The van der Waals surface area contributed by atoms with Gasteiger partial charge in [-0.3, -0.25) is 0 Å². The molecular weight excluding hydrogens is 212 g/mol. The molecule has 1 N–H and O–H groups in total. The topological polar surface area (TPSA) is 29.5 Å². The Labute approximate surface area is 101 Å². The van der Waals surface area contributed by atoms with Gasteiger partial charge in [-0.25, -0.2) is 0 Å². The summed E-state index contributed by atoms with van der Waals surface area (Å²) in [6.45, 7) is 2.18. The van der Waals surface area contributed by atoms with E-state index in [1.807, 2.05) is 42.5 Å². The van der Waals surface area contributed by atoms with Gasteiger partial charge in [-0.1, -0.05) is 31.2 Å². The summed E-state index contributed by atoms with van der Waals surface area (Å²) in [5, 5.41) is 8.95. The Kier molecular flexibility index (Phi) is 3.78. The van der Waals surface area contributed by atoms with Crippen LogP contribution >= 0.6 is 0 Å². The maximum atomic E-state index is 8.95. The fourth-order valence-electron chi connectivity index (χ4n) is 1.63. The Morgan fingerprint density at radius 1 is 0.941 bits per heavy atom. The standard InChI is InChI=1S/C15H16O2/c1-2-12-4-3-5-15(10-12)17-14-8-6-13(11-16)7-9-14/h3-10,16H,2,11H2,1H3. The fourth-order valence-corrected chi connectivity index (χ4v) is 1.63. The molecule has 2 nitrogen and oxygen atoms in total. The van der Waals surface area contributed by atoms with Gasteiger partial charge >= 0.3 is 0 Å². The summed E-state index contributed by atoms with van der Waals surface area (Å²) in [5.74, 6) is 1.64. The zero-order valence-corrected chi connectivity index (χ0v) is 9.89. The molecule has 0 fully saturated rings. The van der Waals surface area contributed by atoms with Crippen molar-refractivity contribution in [3.05, 3.63) is 59.7 Å². The first kappa shape index (κ1) is 11.7. The first-order chi connectivity index (χ1) is 8.31. The van der Waals surface area contributed by atoms with Gasteiger partial charge in [0.05, 0.1) is 6.61 Å². The maximum absolute atomic E-state index is 8.95. The first-order valence-electron chi connectivity index (χ1n) is 5.78. The smallest absolute Gasteiger partial charge is 0.127 e. The van der Waals surface area contributed by atoms with E-state index >= 15 is 0 Å². The van der Waals surface area contributed by atoms with Crippen LogP contribution in [-0.2, 0) is 13.0 Å². The van der Waals surface area contributed by atoms with E-state index in [-0.39, 0.29) is 6.61 Å². The van der Waals surface area contributed by atoms with Crippen molar-refractivity contribution in [2.45, 2.75) is 20.0 Å². The minimum absolute atomic E-state index is 0.0611. The zero-order valence-electron chi connectivity index (χ0n) is 9.89. The van der Waals surface area contributed by atoms with Crippen LogP contribution in [0.15, 0.2) is 48.5 Å². The predicted octanol–water partition coefficient (Wildman–Crippen LogP) is 3.53. The van der Waals surface area contributed by atoms with Crippen molar-refractivity contribution in [3.63, 3.8) is 0 Å². The highest BCUT2D eigenvalue weighted by molar-refractivity contribution is 5.35. The largest absolute Gasteiger partial charge is 0.457 e. The summed E-state index contributed by atoms with van der Waals surface area (Å²) in [7, 11) is 0. The third-order valence-electron chi connectivity index (χ3n) is 2.65. The van der Waals surface area contributed by atoms with Crippen LogP contribution in [0.2, 0.25) is 0 Å². The van der Waals surface area contributed by atoms with Crippen molar-refractivity contribution in [2.24, 2.45) is 0 Å². The quantitative estimate of drug-likeness (QED) is 0.867. The van der Waals surface area contributed by atoms with Gasteiger partial charge in [0.1, 0.15) is 11.5 Å². The second-order valence-corrected chi connectivity index (χ2v) is 3.91. The molecule has 0 saturated carbocycles. The molecule has 2 aromatic carbocycles. The molecule has 0 heterocycles. The molecule has 0 radical (unpaired) electrons. The number of aryl methyl sites for hydroxylation is 1. The lowest BCUT2D eigenvalue weighted by Gasteiger charge is -2.07. The van der Waals surface area contributed by atoms with Crippen molar-refractivity contribution >= 4 is 0 Å². The van der Waals surface area contributed by atoms with Crippen LogP contribution in [0.1, 0.15) is 18.1 Å². The van der Waals surface area contributed by atoms with E-state index in [1.54, 1.807) is 0 Å². The summed E-state index contributed by atoms with van der Waals surface area (Å²) in [6, 6.07) is 15.5. The van der Waals surface area contributed by atoms with Gasteiger partial charge in [0, 0.05) is 0 Å². The second-order valence-electron chi connectivity index (χ2n) is 3.91. The van der Waals surface area contributed by atoms with Gasteiger partial charge in [-0.15, -0.1) is 0 Å². The third kappa shape index (κ3) is 3.08. The van der Waals surface area contributed by atoms with E-state index in [4.69, 9.17) is 9.84 Å². The highest BCUT2D eigenvalue weighted by Crippen LogP contribution is 2.22. The minimum Gasteiger partial charge on any atom is -0.457 e. The van der Waals surface area contributed by atoms with Crippen molar-refractivity contribution in [1.82, 2.24) is 0 Å². The third-order valence-corrected chi connectivity index (χ3v) is 2.65. The summed E-state index contributed by atoms with van der Waals surface area (Å²) >= 11 is 0. The average molecular weight is 228 g/mol. The lowest BCUT2D eigenvalue weighted by Crippen LogP contribution is -1.87. The van der Waals surface area contributed by atoms with Crippen molar-refractivity contribution in [2.75, 3.05) is 0 Å². The number of aliphatic hydroxyl groups excluding tert-OH is 1. The van der Waals surface area contributed by atoms with E-state index in [0.717, 1.165) is 23.5 Å². The number of aliphatic hydroxyl groups is 1. The molecule has 0 aromatic heterocycles. The molecule has 88 valence electrons. The van der Waals surface area contributed by atoms with Crippen LogP contribution in [-0.4, -0.2) is 5.11 Å². The monoisotopic (exact) mass is 228 g/mol. The molecular formula is C15H16O2. The minimum atomic E-state index is 0.0611. The van der Waals surface area contributed by atoms with Gasteiger partial charge in [-0.05, 0) is 41.8 Å². The average Bonchev–Trinajstić information content (AvgIpc) is 2.40. The molecule has 0 amide bonds. The molecule has 2 aromatic rings. The molecule has 0 aliphatic carbocycles. The number of hydrogen-bond acceptors (Lipinski definition) is 2. The molecule has 0 aliphatic heterocycles. The Morgan fingerprint density at radius 2 is 1.71 bits per heavy atom. The van der Waals surface area contributed by atoms with Crippen LogP contribution in [0, 0.1) is 0 Å². The number of hydrogen-bond donors (Lipinski definition) is 1. The molecule has 0 bridgehead atoms. The molecule has 0 aliphatic rings. The fraction of sp³-hybridized carbons (Fsp3) is 0.200. The molecule has 0 atom stereocenters. The molecule has 0 unspecified atom stereocenters. The number of rotatable bonds is 4. The van der Waals surface area contributed by atoms with Gasteiger partial charge in [0.25, 0.3) is 0 Å². The second kappa shape index (κ2) is 5.51. The maximum Gasteiger partial charge on any atom is 0.127 e. The lowest BCUT2D eigenvalue weighted by atomic mass is 10.2. The predicted molar refractivity (Wildman–Crippen MR) is 68.3 cm³/mol. The van der Waals surface area contributed by atoms with E-state index in [9.17, 15) is 0 Å². The number of ether oxygens (including phenoxy) is 1. The van der Waals surface area contributed by atoms with Crippen LogP contribution in [0.4, 0.5) is 0 Å². The van der Waals surface area contributed by atoms with Crippen molar-refractivity contribution in [1.29, 1.82) is 0 Å². The van der Waals surface area contributed by atoms with Crippen LogP contribution < -0.4 is 4.74 Å². The molecule has 0 spiro atoms.